The molecule has 3 rings (SSSR count). The molecule has 0 unspecified atom stereocenters. The number of hydrogen-bond acceptors (Lipinski definition) is 4. The molecule has 2 aromatic carbocycles. The summed E-state index contributed by atoms with van der Waals surface area (Å²) in [5, 5.41) is 6.67. The fraction of sp³-hybridized carbons (Fsp3) is 0.440. The van der Waals surface area contributed by atoms with Gasteiger partial charge in [-0.25, -0.2) is 0 Å². The molecule has 7 nitrogen and oxygen atoms in total. The molecule has 33 heavy (non-hydrogen) atoms. The topological polar surface area (TPSA) is 75.2 Å². The second kappa shape index (κ2) is 14.2. The Hall–Kier alpha value is -2.17. The molecule has 0 atom stereocenters. The number of amides is 1. The van der Waals surface area contributed by atoms with Crippen LogP contribution in [0, 0.1) is 0 Å². The van der Waals surface area contributed by atoms with Crippen molar-refractivity contribution in [2.75, 3.05) is 34.4 Å². The monoisotopic (exact) mass is 566 g/mol. The summed E-state index contributed by atoms with van der Waals surface area (Å²) in [5.41, 5.74) is 4.11. The third-order valence-electron chi connectivity index (χ3n) is 5.40. The van der Waals surface area contributed by atoms with Gasteiger partial charge in [-0.3, -0.25) is 9.79 Å². The van der Waals surface area contributed by atoms with E-state index in [2.05, 4.69) is 39.9 Å². The van der Waals surface area contributed by atoms with Crippen LogP contribution >= 0.6 is 24.0 Å². The van der Waals surface area contributed by atoms with Crippen molar-refractivity contribution in [2.24, 2.45) is 4.99 Å². The molecule has 8 heteroatoms. The lowest BCUT2D eigenvalue weighted by Crippen LogP contribution is -2.36. The molecule has 1 amide bonds. The maximum Gasteiger partial charge on any atom is 0.253 e. The molecule has 1 aliphatic rings. The van der Waals surface area contributed by atoms with Crippen LogP contribution in [-0.2, 0) is 29.2 Å². The van der Waals surface area contributed by atoms with E-state index in [1.165, 1.54) is 11.1 Å². The molecule has 0 bridgehead atoms. The first-order valence-electron chi connectivity index (χ1n) is 11.1. The summed E-state index contributed by atoms with van der Waals surface area (Å²) in [6, 6.07) is 16.0. The largest absolute Gasteiger partial charge is 0.381 e. The summed E-state index contributed by atoms with van der Waals surface area (Å²) in [7, 11) is 5.26. The van der Waals surface area contributed by atoms with Crippen molar-refractivity contribution in [2.45, 2.75) is 38.6 Å². The van der Waals surface area contributed by atoms with Crippen LogP contribution in [0.4, 0.5) is 0 Å². The van der Waals surface area contributed by atoms with E-state index in [4.69, 9.17) is 9.47 Å². The van der Waals surface area contributed by atoms with Crippen LogP contribution in [-0.4, -0.2) is 57.2 Å². The lowest BCUT2D eigenvalue weighted by Gasteiger charge is -2.22. The fourth-order valence-corrected chi connectivity index (χ4v) is 3.50. The normalized spacial score (nSPS) is 14.3. The van der Waals surface area contributed by atoms with Gasteiger partial charge in [-0.1, -0.05) is 36.4 Å². The zero-order valence-electron chi connectivity index (χ0n) is 19.7. The zero-order chi connectivity index (χ0) is 22.8. The van der Waals surface area contributed by atoms with Gasteiger partial charge >= 0.3 is 0 Å². The Balaban J connectivity index is 0.00000385. The Kier molecular flexibility index (Phi) is 11.6. The predicted octanol–water partition coefficient (Wildman–Crippen LogP) is 3.57. The summed E-state index contributed by atoms with van der Waals surface area (Å²) in [4.78, 5) is 17.9. The Morgan fingerprint density at radius 1 is 1.03 bits per heavy atom. The van der Waals surface area contributed by atoms with Gasteiger partial charge in [0, 0.05) is 53.0 Å². The van der Waals surface area contributed by atoms with Crippen molar-refractivity contribution < 1.29 is 14.3 Å². The number of hydrogen-bond donors (Lipinski definition) is 2. The first-order chi connectivity index (χ1) is 15.5. The Morgan fingerprint density at radius 2 is 1.67 bits per heavy atom. The highest BCUT2D eigenvalue weighted by molar-refractivity contribution is 14.0. The van der Waals surface area contributed by atoms with E-state index in [0.29, 0.717) is 31.4 Å². The maximum atomic E-state index is 12.0. The first kappa shape index (κ1) is 27.1. The van der Waals surface area contributed by atoms with Crippen LogP contribution in [0.3, 0.4) is 0 Å². The zero-order valence-corrected chi connectivity index (χ0v) is 22.0. The van der Waals surface area contributed by atoms with Crippen molar-refractivity contribution in [3.05, 3.63) is 70.8 Å². The first-order valence-corrected chi connectivity index (χ1v) is 11.1. The van der Waals surface area contributed by atoms with E-state index in [9.17, 15) is 4.79 Å². The fourth-order valence-electron chi connectivity index (χ4n) is 3.50. The van der Waals surface area contributed by atoms with Gasteiger partial charge in [0.25, 0.3) is 5.91 Å². The van der Waals surface area contributed by atoms with E-state index in [1.54, 1.807) is 26.0 Å². The smallest absolute Gasteiger partial charge is 0.253 e. The quantitative estimate of drug-likeness (QED) is 0.291. The Bertz CT molecular complexity index is 897. The van der Waals surface area contributed by atoms with Gasteiger partial charge in [0.1, 0.15) is 0 Å². The molecular formula is C25H35IN4O3. The number of ether oxygens (including phenoxy) is 2. The molecule has 0 radical (unpaired) electrons. The van der Waals surface area contributed by atoms with Crippen molar-refractivity contribution in [1.29, 1.82) is 0 Å². The van der Waals surface area contributed by atoms with Crippen LogP contribution in [0.1, 0.15) is 39.9 Å². The van der Waals surface area contributed by atoms with E-state index in [-0.39, 0.29) is 29.9 Å². The highest BCUT2D eigenvalue weighted by atomic mass is 127. The average molecular weight is 566 g/mol. The maximum absolute atomic E-state index is 12.0. The van der Waals surface area contributed by atoms with E-state index < -0.39 is 0 Å². The van der Waals surface area contributed by atoms with Crippen LogP contribution in [0.2, 0.25) is 0 Å². The minimum absolute atomic E-state index is 0. The summed E-state index contributed by atoms with van der Waals surface area (Å²) < 4.78 is 11.4. The predicted molar refractivity (Wildman–Crippen MR) is 142 cm³/mol. The van der Waals surface area contributed by atoms with Crippen LogP contribution in [0.5, 0.6) is 0 Å². The van der Waals surface area contributed by atoms with E-state index >= 15 is 0 Å². The number of nitrogens with zero attached hydrogens (tertiary/aromatic N) is 2. The van der Waals surface area contributed by atoms with Gasteiger partial charge in [0.15, 0.2) is 5.96 Å². The van der Waals surface area contributed by atoms with E-state index in [1.807, 2.05) is 24.3 Å². The number of carbonyl (C=O) groups excluding carboxylic acids is 1. The average Bonchev–Trinajstić information content (AvgIpc) is 2.83. The van der Waals surface area contributed by atoms with Crippen LogP contribution in [0.25, 0.3) is 0 Å². The summed E-state index contributed by atoms with van der Waals surface area (Å²) in [6.07, 6.45) is 2.24. The molecule has 0 saturated carbocycles. The third kappa shape index (κ3) is 8.94. The van der Waals surface area contributed by atoms with E-state index in [0.717, 1.165) is 37.6 Å². The molecular weight excluding hydrogens is 531 g/mol. The second-order valence-corrected chi connectivity index (χ2v) is 8.12. The molecule has 1 saturated heterocycles. The lowest BCUT2D eigenvalue weighted by atomic mass is 10.1. The molecule has 2 aromatic rings. The van der Waals surface area contributed by atoms with Crippen LogP contribution in [0.15, 0.2) is 53.5 Å². The summed E-state index contributed by atoms with van der Waals surface area (Å²) >= 11 is 0. The molecule has 1 fully saturated rings. The highest BCUT2D eigenvalue weighted by Crippen LogP contribution is 2.14. The SMILES string of the molecule is CN=C(NCc1ccc(C(=O)N(C)C)cc1)NCc1cccc(COC2CCOCC2)c1.I. The van der Waals surface area contributed by atoms with Gasteiger partial charge in [0.05, 0.1) is 12.7 Å². The van der Waals surface area contributed by atoms with Gasteiger partial charge in [-0.15, -0.1) is 24.0 Å². The standard InChI is InChI=1S/C25H34N4O3.HI/c1-26-25(27-16-19-7-9-22(10-8-19)24(30)29(2)3)28-17-20-5-4-6-21(15-20)18-32-23-11-13-31-14-12-23;/h4-10,15,23H,11-14,16-18H2,1-3H3,(H2,26,27,28);1H. The minimum Gasteiger partial charge on any atom is -0.381 e. The number of nitrogens with one attached hydrogen (secondary N) is 2. The number of aliphatic imine (C=N–C) groups is 1. The van der Waals surface area contributed by atoms with Crippen LogP contribution < -0.4 is 10.6 Å². The number of rotatable bonds is 8. The van der Waals surface area contributed by atoms with Gasteiger partial charge in [0.2, 0.25) is 0 Å². The van der Waals surface area contributed by atoms with Crippen molar-refractivity contribution in [3.8, 4) is 0 Å². The number of carbonyl (C=O) groups is 1. The van der Waals surface area contributed by atoms with Crippen molar-refractivity contribution >= 4 is 35.8 Å². The Labute approximate surface area is 214 Å². The Morgan fingerprint density at radius 3 is 2.30 bits per heavy atom. The lowest BCUT2D eigenvalue weighted by molar-refractivity contribution is -0.0390. The summed E-state index contributed by atoms with van der Waals surface area (Å²) in [5.74, 6) is 0.727. The molecule has 0 spiro atoms. The van der Waals surface area contributed by atoms with Crippen molar-refractivity contribution in [3.63, 3.8) is 0 Å². The molecule has 0 aromatic heterocycles. The van der Waals surface area contributed by atoms with Gasteiger partial charge in [-0.05, 0) is 41.7 Å². The molecule has 0 aliphatic carbocycles. The molecule has 1 aliphatic heterocycles. The molecule has 1 heterocycles. The number of guanidine groups is 1. The van der Waals surface area contributed by atoms with Gasteiger partial charge in [-0.2, -0.15) is 0 Å². The summed E-state index contributed by atoms with van der Waals surface area (Å²) in [6.45, 7) is 3.49. The third-order valence-corrected chi connectivity index (χ3v) is 5.40. The number of halogens is 1. The molecule has 180 valence electrons. The van der Waals surface area contributed by atoms with Crippen molar-refractivity contribution in [1.82, 2.24) is 15.5 Å². The second-order valence-electron chi connectivity index (χ2n) is 8.12. The highest BCUT2D eigenvalue weighted by Gasteiger charge is 2.14. The number of benzene rings is 2. The minimum atomic E-state index is 0. The molecule has 2 N–H and O–H groups in total. The van der Waals surface area contributed by atoms with Gasteiger partial charge < -0.3 is 25.0 Å².